The Kier molecular flexibility index (Phi) is 6.22. The first kappa shape index (κ1) is 21.8. The summed E-state index contributed by atoms with van der Waals surface area (Å²) < 4.78 is 6.93. The van der Waals surface area contributed by atoms with E-state index in [9.17, 15) is 9.59 Å². The van der Waals surface area contributed by atoms with E-state index in [0.717, 1.165) is 11.4 Å². The fourth-order valence-corrected chi connectivity index (χ4v) is 3.55. The number of methoxy groups -OCH3 is 1. The molecule has 7 nitrogen and oxygen atoms in total. The number of benzene rings is 3. The van der Waals surface area contributed by atoms with Crippen molar-refractivity contribution in [1.82, 2.24) is 9.78 Å². The first-order valence-electron chi connectivity index (χ1n) is 10.5. The summed E-state index contributed by atoms with van der Waals surface area (Å²) in [6, 6.07) is 23.4. The molecule has 0 radical (unpaired) electrons. The highest BCUT2D eigenvalue weighted by molar-refractivity contribution is 6.12. The number of rotatable bonds is 6. The number of nitrogens with one attached hydrogen (secondary N) is 2. The number of aryl methyl sites for hydroxylation is 1. The van der Waals surface area contributed by atoms with Crippen molar-refractivity contribution in [1.29, 1.82) is 0 Å². The van der Waals surface area contributed by atoms with Gasteiger partial charge in [0.25, 0.3) is 11.8 Å². The number of nitrogens with zero attached hydrogens (tertiary/aromatic N) is 2. The standard InChI is InChI=1S/C26H24N4O3/c1-17-24(18(2)30(29-17)20-9-5-4-6-10-20)28-26(32)22-11-7-8-12-23(22)27-25(31)19-13-15-21(33-3)16-14-19/h4-16H,1-3H3,(H,27,31)(H,28,32). The first-order chi connectivity index (χ1) is 16.0. The number of ether oxygens (including phenoxy) is 1. The van der Waals surface area contributed by atoms with Crippen LogP contribution in [0.5, 0.6) is 5.75 Å². The maximum atomic E-state index is 13.2. The van der Waals surface area contributed by atoms with Gasteiger partial charge in [0.1, 0.15) is 5.75 Å². The van der Waals surface area contributed by atoms with Gasteiger partial charge in [-0.05, 0) is 62.4 Å². The molecular weight excluding hydrogens is 416 g/mol. The molecule has 0 aliphatic heterocycles. The number of hydrogen-bond donors (Lipinski definition) is 2. The van der Waals surface area contributed by atoms with Crippen LogP contribution < -0.4 is 15.4 Å². The number of hydrogen-bond acceptors (Lipinski definition) is 4. The highest BCUT2D eigenvalue weighted by atomic mass is 16.5. The fraction of sp³-hybridized carbons (Fsp3) is 0.115. The van der Waals surface area contributed by atoms with Crippen molar-refractivity contribution >= 4 is 23.2 Å². The van der Waals surface area contributed by atoms with Gasteiger partial charge < -0.3 is 15.4 Å². The summed E-state index contributed by atoms with van der Waals surface area (Å²) in [4.78, 5) is 25.9. The van der Waals surface area contributed by atoms with Crippen LogP contribution in [0.3, 0.4) is 0 Å². The average molecular weight is 441 g/mol. The Balaban J connectivity index is 1.57. The molecule has 0 aliphatic rings. The first-order valence-corrected chi connectivity index (χ1v) is 10.5. The lowest BCUT2D eigenvalue weighted by atomic mass is 10.1. The Morgan fingerprint density at radius 2 is 1.48 bits per heavy atom. The number of para-hydroxylation sites is 2. The molecule has 0 aliphatic carbocycles. The second kappa shape index (κ2) is 9.40. The Hall–Kier alpha value is -4.39. The largest absolute Gasteiger partial charge is 0.497 e. The van der Waals surface area contributed by atoms with Gasteiger partial charge >= 0.3 is 0 Å². The molecule has 0 atom stereocenters. The van der Waals surface area contributed by atoms with Gasteiger partial charge in [0.2, 0.25) is 0 Å². The molecule has 1 heterocycles. The van der Waals surface area contributed by atoms with Gasteiger partial charge in [-0.25, -0.2) is 4.68 Å². The zero-order valence-electron chi connectivity index (χ0n) is 18.6. The number of carbonyl (C=O) groups excluding carboxylic acids is 2. The van der Waals surface area contributed by atoms with Crippen molar-refractivity contribution in [2.45, 2.75) is 13.8 Å². The maximum absolute atomic E-state index is 13.2. The van der Waals surface area contributed by atoms with Crippen LogP contribution in [0.2, 0.25) is 0 Å². The molecule has 1 aromatic heterocycles. The molecule has 4 rings (SSSR count). The van der Waals surface area contributed by atoms with Crippen LogP contribution in [0.25, 0.3) is 5.69 Å². The lowest BCUT2D eigenvalue weighted by Gasteiger charge is -2.12. The van der Waals surface area contributed by atoms with Crippen molar-refractivity contribution in [2.75, 3.05) is 17.7 Å². The average Bonchev–Trinajstić information content (AvgIpc) is 3.13. The Morgan fingerprint density at radius 3 is 2.18 bits per heavy atom. The van der Waals surface area contributed by atoms with Gasteiger partial charge in [0.15, 0.2) is 0 Å². The van der Waals surface area contributed by atoms with Crippen LogP contribution in [0, 0.1) is 13.8 Å². The third-order valence-corrected chi connectivity index (χ3v) is 5.30. The number of amides is 2. The van der Waals surface area contributed by atoms with E-state index >= 15 is 0 Å². The molecule has 2 amide bonds. The number of aromatic nitrogens is 2. The summed E-state index contributed by atoms with van der Waals surface area (Å²) in [6.07, 6.45) is 0. The lowest BCUT2D eigenvalue weighted by Crippen LogP contribution is -2.18. The SMILES string of the molecule is COc1ccc(C(=O)Nc2ccccc2C(=O)Nc2c(C)nn(-c3ccccc3)c2C)cc1. The van der Waals surface area contributed by atoms with E-state index in [2.05, 4.69) is 15.7 Å². The molecule has 0 unspecified atom stereocenters. The van der Waals surface area contributed by atoms with Crippen molar-refractivity contribution in [3.8, 4) is 11.4 Å². The van der Waals surface area contributed by atoms with Gasteiger partial charge in [0, 0.05) is 5.56 Å². The van der Waals surface area contributed by atoms with Crippen molar-refractivity contribution in [2.24, 2.45) is 0 Å². The summed E-state index contributed by atoms with van der Waals surface area (Å²) in [5.74, 6) is 0.00900. The highest BCUT2D eigenvalue weighted by Crippen LogP contribution is 2.25. The van der Waals surface area contributed by atoms with E-state index in [1.54, 1.807) is 60.3 Å². The van der Waals surface area contributed by atoms with Gasteiger partial charge in [0.05, 0.1) is 41.1 Å². The third-order valence-electron chi connectivity index (χ3n) is 5.30. The molecule has 7 heteroatoms. The quantitative estimate of drug-likeness (QED) is 0.442. The molecule has 0 spiro atoms. The van der Waals surface area contributed by atoms with E-state index < -0.39 is 0 Å². The van der Waals surface area contributed by atoms with Crippen molar-refractivity contribution in [3.05, 3.63) is 101 Å². The fourth-order valence-electron chi connectivity index (χ4n) is 3.55. The van der Waals surface area contributed by atoms with Crippen LogP contribution >= 0.6 is 0 Å². The smallest absolute Gasteiger partial charge is 0.257 e. The normalized spacial score (nSPS) is 10.5. The Bertz CT molecular complexity index is 1300. The number of carbonyl (C=O) groups is 2. The van der Waals surface area contributed by atoms with Crippen LogP contribution in [-0.4, -0.2) is 28.7 Å². The molecule has 166 valence electrons. The maximum Gasteiger partial charge on any atom is 0.257 e. The topological polar surface area (TPSA) is 85.2 Å². The predicted octanol–water partition coefficient (Wildman–Crippen LogP) is 5.00. The minimum absolute atomic E-state index is 0.317. The Morgan fingerprint density at radius 1 is 0.818 bits per heavy atom. The van der Waals surface area contributed by atoms with Gasteiger partial charge in [-0.2, -0.15) is 5.10 Å². The molecular formula is C26H24N4O3. The van der Waals surface area contributed by atoms with Crippen molar-refractivity contribution < 1.29 is 14.3 Å². The molecule has 0 bridgehead atoms. The Labute approximate surface area is 192 Å². The molecule has 2 N–H and O–H groups in total. The van der Waals surface area contributed by atoms with Crippen LogP contribution in [0.15, 0.2) is 78.9 Å². The summed E-state index contributed by atoms with van der Waals surface area (Å²) in [6.45, 7) is 3.75. The summed E-state index contributed by atoms with van der Waals surface area (Å²) in [5.41, 5.74) is 4.29. The highest BCUT2D eigenvalue weighted by Gasteiger charge is 2.19. The predicted molar refractivity (Wildman–Crippen MR) is 128 cm³/mol. The van der Waals surface area contributed by atoms with Crippen molar-refractivity contribution in [3.63, 3.8) is 0 Å². The van der Waals surface area contributed by atoms with Gasteiger partial charge in [-0.3, -0.25) is 9.59 Å². The second-order valence-corrected chi connectivity index (χ2v) is 7.48. The molecule has 3 aromatic carbocycles. The minimum atomic E-state index is -0.334. The monoisotopic (exact) mass is 440 g/mol. The van der Waals surface area contributed by atoms with Crippen LogP contribution in [0.4, 0.5) is 11.4 Å². The lowest BCUT2D eigenvalue weighted by molar-refractivity contribution is 0.102. The van der Waals surface area contributed by atoms with Gasteiger partial charge in [-0.15, -0.1) is 0 Å². The van der Waals surface area contributed by atoms with Crippen LogP contribution in [0.1, 0.15) is 32.1 Å². The van der Waals surface area contributed by atoms with E-state index in [4.69, 9.17) is 4.74 Å². The van der Waals surface area contributed by atoms with Crippen LogP contribution in [-0.2, 0) is 0 Å². The zero-order valence-corrected chi connectivity index (χ0v) is 18.6. The van der Waals surface area contributed by atoms with E-state index in [-0.39, 0.29) is 11.8 Å². The molecule has 4 aromatic rings. The molecule has 0 fully saturated rings. The van der Waals surface area contributed by atoms with E-state index in [1.165, 1.54) is 0 Å². The van der Waals surface area contributed by atoms with E-state index in [1.807, 2.05) is 44.2 Å². The molecule has 0 saturated carbocycles. The molecule has 33 heavy (non-hydrogen) atoms. The second-order valence-electron chi connectivity index (χ2n) is 7.48. The number of anilines is 2. The third kappa shape index (κ3) is 4.62. The molecule has 0 saturated heterocycles. The summed E-state index contributed by atoms with van der Waals surface area (Å²) in [5, 5.41) is 10.4. The minimum Gasteiger partial charge on any atom is -0.497 e. The van der Waals surface area contributed by atoms with Gasteiger partial charge in [-0.1, -0.05) is 30.3 Å². The van der Waals surface area contributed by atoms with E-state index in [0.29, 0.717) is 33.9 Å². The summed E-state index contributed by atoms with van der Waals surface area (Å²) >= 11 is 0. The zero-order chi connectivity index (χ0) is 23.4. The summed E-state index contributed by atoms with van der Waals surface area (Å²) in [7, 11) is 1.57.